The first-order chi connectivity index (χ1) is 11.5. The Morgan fingerprint density at radius 3 is 2.50 bits per heavy atom. The molecule has 2 rings (SSSR count). The maximum atomic E-state index is 12.3. The molecule has 1 unspecified atom stereocenters. The smallest absolute Gasteiger partial charge is 0.260 e. The monoisotopic (exact) mass is 352 g/mol. The zero-order valence-corrected chi connectivity index (χ0v) is 15.0. The van der Waals surface area contributed by atoms with Gasteiger partial charge in [-0.05, 0) is 50.5 Å². The van der Waals surface area contributed by atoms with Crippen molar-refractivity contribution in [2.75, 3.05) is 13.1 Å². The molecule has 1 atom stereocenters. The average Bonchev–Trinajstić information content (AvgIpc) is 2.57. The fourth-order valence-corrected chi connectivity index (χ4v) is 2.86. The van der Waals surface area contributed by atoms with Crippen LogP contribution >= 0.6 is 11.6 Å². The average molecular weight is 353 g/mol. The lowest BCUT2D eigenvalue weighted by Gasteiger charge is -2.33. The molecule has 1 aromatic rings. The predicted octanol–water partition coefficient (Wildman–Crippen LogP) is 3.01. The van der Waals surface area contributed by atoms with Gasteiger partial charge in [-0.25, -0.2) is 0 Å². The van der Waals surface area contributed by atoms with Crippen molar-refractivity contribution in [1.82, 2.24) is 10.2 Å². The summed E-state index contributed by atoms with van der Waals surface area (Å²) in [4.78, 5) is 26.0. The molecule has 0 aliphatic carbocycles. The molecule has 0 bridgehead atoms. The van der Waals surface area contributed by atoms with Crippen molar-refractivity contribution in [3.05, 3.63) is 29.3 Å². The molecule has 24 heavy (non-hydrogen) atoms. The first-order valence-corrected chi connectivity index (χ1v) is 8.87. The first-order valence-electron chi connectivity index (χ1n) is 8.50. The van der Waals surface area contributed by atoms with Crippen LogP contribution in [-0.2, 0) is 9.59 Å². The third-order valence-corrected chi connectivity index (χ3v) is 4.41. The largest absolute Gasteiger partial charge is 0.481 e. The van der Waals surface area contributed by atoms with Crippen molar-refractivity contribution < 1.29 is 14.3 Å². The molecular weight excluding hydrogens is 328 g/mol. The Balaban J connectivity index is 1.76. The maximum absolute atomic E-state index is 12.3. The van der Waals surface area contributed by atoms with Crippen molar-refractivity contribution >= 4 is 23.4 Å². The molecule has 0 saturated carbocycles. The van der Waals surface area contributed by atoms with Crippen LogP contribution < -0.4 is 10.1 Å². The Bertz CT molecular complexity index is 554. The van der Waals surface area contributed by atoms with Gasteiger partial charge in [0.15, 0.2) is 6.10 Å². The minimum Gasteiger partial charge on any atom is -0.481 e. The highest BCUT2D eigenvalue weighted by Gasteiger charge is 2.25. The fraction of sp³-hybridized carbons (Fsp3) is 0.556. The van der Waals surface area contributed by atoms with Crippen molar-refractivity contribution in [2.45, 2.75) is 51.7 Å². The number of benzene rings is 1. The zero-order chi connectivity index (χ0) is 17.5. The Morgan fingerprint density at radius 2 is 1.92 bits per heavy atom. The van der Waals surface area contributed by atoms with Crippen molar-refractivity contribution in [3.8, 4) is 5.75 Å². The van der Waals surface area contributed by atoms with Crippen LogP contribution in [0.3, 0.4) is 0 Å². The van der Waals surface area contributed by atoms with E-state index in [1.165, 1.54) is 0 Å². The van der Waals surface area contributed by atoms with E-state index >= 15 is 0 Å². The molecular formula is C18H25ClN2O3. The third kappa shape index (κ3) is 5.41. The summed E-state index contributed by atoms with van der Waals surface area (Å²) in [6.45, 7) is 5.14. The number of nitrogens with one attached hydrogen (secondary N) is 1. The summed E-state index contributed by atoms with van der Waals surface area (Å²) in [5.41, 5.74) is 0. The predicted molar refractivity (Wildman–Crippen MR) is 94.2 cm³/mol. The van der Waals surface area contributed by atoms with E-state index in [0.29, 0.717) is 30.3 Å². The van der Waals surface area contributed by atoms with Gasteiger partial charge in [0.1, 0.15) is 5.75 Å². The van der Waals surface area contributed by atoms with Crippen molar-refractivity contribution in [2.24, 2.45) is 0 Å². The van der Waals surface area contributed by atoms with Crippen LogP contribution in [0.5, 0.6) is 5.75 Å². The van der Waals surface area contributed by atoms with Crippen molar-refractivity contribution in [3.63, 3.8) is 0 Å². The quantitative estimate of drug-likeness (QED) is 0.856. The van der Waals surface area contributed by atoms with Crippen LogP contribution in [-0.4, -0.2) is 41.9 Å². The number of piperidine rings is 1. The summed E-state index contributed by atoms with van der Waals surface area (Å²) in [5.74, 6) is 0.687. The number of rotatable bonds is 6. The normalized spacial score (nSPS) is 16.5. The van der Waals surface area contributed by atoms with Gasteiger partial charge >= 0.3 is 0 Å². The SMILES string of the molecule is CCCC(=O)N1CCC(NC(=O)C(C)Oc2ccc(Cl)cc2)CC1. The lowest BCUT2D eigenvalue weighted by Crippen LogP contribution is -2.49. The lowest BCUT2D eigenvalue weighted by molar-refractivity contribution is -0.132. The number of hydrogen-bond acceptors (Lipinski definition) is 3. The van der Waals surface area contributed by atoms with Gasteiger partial charge in [0.25, 0.3) is 5.91 Å². The number of amides is 2. The topological polar surface area (TPSA) is 58.6 Å². The highest BCUT2D eigenvalue weighted by Crippen LogP contribution is 2.17. The zero-order valence-electron chi connectivity index (χ0n) is 14.3. The minimum atomic E-state index is -0.578. The minimum absolute atomic E-state index is 0.0967. The summed E-state index contributed by atoms with van der Waals surface area (Å²) in [6, 6.07) is 7.03. The molecule has 1 aliphatic rings. The summed E-state index contributed by atoms with van der Waals surface area (Å²) < 4.78 is 5.63. The van der Waals surface area contributed by atoms with E-state index in [1.54, 1.807) is 31.2 Å². The van der Waals surface area contributed by atoms with Gasteiger partial charge in [-0.1, -0.05) is 18.5 Å². The molecule has 1 saturated heterocycles. The molecule has 0 spiro atoms. The number of nitrogens with zero attached hydrogens (tertiary/aromatic N) is 1. The molecule has 5 nitrogen and oxygen atoms in total. The fourth-order valence-electron chi connectivity index (χ4n) is 2.73. The van der Waals surface area contributed by atoms with Crippen LogP contribution in [0.1, 0.15) is 39.5 Å². The molecule has 1 N–H and O–H groups in total. The molecule has 1 heterocycles. The number of carbonyl (C=O) groups is 2. The highest BCUT2D eigenvalue weighted by atomic mass is 35.5. The van der Waals surface area contributed by atoms with Gasteiger partial charge in [-0.2, -0.15) is 0 Å². The van der Waals surface area contributed by atoms with Gasteiger partial charge in [-0.3, -0.25) is 9.59 Å². The Labute approximate surface area is 148 Å². The summed E-state index contributed by atoms with van der Waals surface area (Å²) >= 11 is 5.83. The van der Waals surface area contributed by atoms with Crippen LogP contribution in [0, 0.1) is 0 Å². The number of halogens is 1. The van der Waals surface area contributed by atoms with E-state index in [-0.39, 0.29) is 17.9 Å². The van der Waals surface area contributed by atoms with Gasteiger partial charge in [-0.15, -0.1) is 0 Å². The Hall–Kier alpha value is -1.75. The molecule has 6 heteroatoms. The van der Waals surface area contributed by atoms with Crippen LogP contribution in [0.4, 0.5) is 0 Å². The van der Waals surface area contributed by atoms with Gasteiger partial charge < -0.3 is 15.0 Å². The molecule has 1 fully saturated rings. The Kier molecular flexibility index (Phi) is 6.91. The van der Waals surface area contributed by atoms with Crippen LogP contribution in [0.25, 0.3) is 0 Å². The Morgan fingerprint density at radius 1 is 1.29 bits per heavy atom. The second-order valence-electron chi connectivity index (χ2n) is 6.13. The molecule has 1 aliphatic heterocycles. The molecule has 0 radical (unpaired) electrons. The third-order valence-electron chi connectivity index (χ3n) is 4.15. The summed E-state index contributed by atoms with van der Waals surface area (Å²) in [5, 5.41) is 3.64. The van der Waals surface area contributed by atoms with E-state index in [2.05, 4.69) is 5.32 Å². The van der Waals surface area contributed by atoms with E-state index in [4.69, 9.17) is 16.3 Å². The van der Waals surface area contributed by atoms with Crippen molar-refractivity contribution in [1.29, 1.82) is 0 Å². The first kappa shape index (κ1) is 18.6. The van der Waals surface area contributed by atoms with Gasteiger partial charge in [0, 0.05) is 30.6 Å². The highest BCUT2D eigenvalue weighted by molar-refractivity contribution is 6.30. The lowest BCUT2D eigenvalue weighted by atomic mass is 10.0. The van der Waals surface area contributed by atoms with Crippen LogP contribution in [0.2, 0.25) is 5.02 Å². The number of hydrogen-bond donors (Lipinski definition) is 1. The number of carbonyl (C=O) groups excluding carboxylic acids is 2. The van der Waals surface area contributed by atoms with Crippen LogP contribution in [0.15, 0.2) is 24.3 Å². The molecule has 1 aromatic carbocycles. The summed E-state index contributed by atoms with van der Waals surface area (Å²) in [6.07, 6.45) is 2.47. The van der Waals surface area contributed by atoms with Gasteiger partial charge in [0.05, 0.1) is 0 Å². The number of ether oxygens (including phenoxy) is 1. The van der Waals surface area contributed by atoms with Gasteiger partial charge in [0.2, 0.25) is 5.91 Å². The standard InChI is InChI=1S/C18H25ClN2O3/c1-3-4-17(22)21-11-9-15(10-12-21)20-18(23)13(2)24-16-7-5-14(19)6-8-16/h5-8,13,15H,3-4,9-12H2,1-2H3,(H,20,23). The van der Waals surface area contributed by atoms with E-state index < -0.39 is 6.10 Å². The maximum Gasteiger partial charge on any atom is 0.260 e. The second-order valence-corrected chi connectivity index (χ2v) is 6.56. The van der Waals surface area contributed by atoms with E-state index in [9.17, 15) is 9.59 Å². The van der Waals surface area contributed by atoms with E-state index in [0.717, 1.165) is 19.3 Å². The number of likely N-dealkylation sites (tertiary alicyclic amines) is 1. The molecule has 2 amide bonds. The second kappa shape index (κ2) is 8.92. The van der Waals surface area contributed by atoms with E-state index in [1.807, 2.05) is 11.8 Å². The summed E-state index contributed by atoms with van der Waals surface area (Å²) in [7, 11) is 0. The molecule has 132 valence electrons. The molecule has 0 aromatic heterocycles.